The van der Waals surface area contributed by atoms with E-state index in [-0.39, 0.29) is 19.1 Å². The lowest BCUT2D eigenvalue weighted by Gasteiger charge is -2.26. The number of ether oxygens (including phenoxy) is 2. The van der Waals surface area contributed by atoms with Crippen LogP contribution in [0.1, 0.15) is 19.3 Å². The third kappa shape index (κ3) is 4.98. The van der Waals surface area contributed by atoms with Crippen molar-refractivity contribution in [1.82, 2.24) is 4.90 Å². The maximum atomic E-state index is 11.8. The molecule has 2 N–H and O–H groups in total. The summed E-state index contributed by atoms with van der Waals surface area (Å²) in [5, 5.41) is 0. The van der Waals surface area contributed by atoms with Gasteiger partial charge in [-0.2, -0.15) is 0 Å². The summed E-state index contributed by atoms with van der Waals surface area (Å²) < 4.78 is 10.2. The zero-order valence-corrected chi connectivity index (χ0v) is 11.9. The zero-order chi connectivity index (χ0) is 15.1. The minimum atomic E-state index is -0.567. The van der Waals surface area contributed by atoms with Crippen molar-refractivity contribution in [3.63, 3.8) is 0 Å². The monoisotopic (exact) mass is 292 g/mol. The number of carbonyl (C=O) groups excluding carboxylic acids is 2. The van der Waals surface area contributed by atoms with Crippen LogP contribution in [0.4, 0.5) is 5.69 Å². The Balaban J connectivity index is 1.68. The molecule has 0 saturated carbocycles. The number of esters is 1. The second-order valence-electron chi connectivity index (χ2n) is 4.96. The largest absolute Gasteiger partial charge is 0.482 e. The number of benzene rings is 1. The summed E-state index contributed by atoms with van der Waals surface area (Å²) in [7, 11) is 0. The molecule has 0 radical (unpaired) electrons. The molecule has 1 aliphatic rings. The summed E-state index contributed by atoms with van der Waals surface area (Å²) in [6.07, 6.45) is 3.17. The van der Waals surface area contributed by atoms with Crippen molar-refractivity contribution in [1.29, 1.82) is 0 Å². The Bertz CT molecular complexity index is 498. The highest BCUT2D eigenvalue weighted by Crippen LogP contribution is 2.14. The molecule has 114 valence electrons. The number of anilines is 1. The molecule has 2 rings (SSSR count). The number of nitrogen functional groups attached to an aromatic ring is 1. The molecule has 1 heterocycles. The molecule has 1 saturated heterocycles. The van der Waals surface area contributed by atoms with E-state index < -0.39 is 5.97 Å². The molecule has 0 bridgehead atoms. The molecule has 0 aliphatic carbocycles. The highest BCUT2D eigenvalue weighted by atomic mass is 16.6. The first-order valence-corrected chi connectivity index (χ1v) is 7.07. The molecule has 0 atom stereocenters. The molecule has 0 spiro atoms. The Morgan fingerprint density at radius 1 is 1.14 bits per heavy atom. The quantitative estimate of drug-likeness (QED) is 0.651. The lowest BCUT2D eigenvalue weighted by atomic mass is 10.1. The lowest BCUT2D eigenvalue weighted by molar-refractivity contribution is -0.154. The van der Waals surface area contributed by atoms with E-state index in [1.165, 1.54) is 0 Å². The molecule has 21 heavy (non-hydrogen) atoms. The fourth-order valence-corrected chi connectivity index (χ4v) is 2.17. The molecular weight excluding hydrogens is 272 g/mol. The maximum Gasteiger partial charge on any atom is 0.344 e. The Morgan fingerprint density at radius 3 is 2.62 bits per heavy atom. The van der Waals surface area contributed by atoms with Crippen LogP contribution in [0, 0.1) is 0 Å². The van der Waals surface area contributed by atoms with Crippen LogP contribution in [-0.2, 0) is 14.3 Å². The van der Waals surface area contributed by atoms with Crippen molar-refractivity contribution < 1.29 is 19.1 Å². The number of hydrogen-bond acceptors (Lipinski definition) is 5. The van der Waals surface area contributed by atoms with Gasteiger partial charge in [0.2, 0.25) is 0 Å². The molecular formula is C15H20N2O4. The average Bonchev–Trinajstić information content (AvgIpc) is 2.51. The number of piperidine rings is 1. The predicted octanol–water partition coefficient (Wildman–Crippen LogP) is 1.20. The maximum absolute atomic E-state index is 11.8. The normalized spacial score (nSPS) is 14.6. The Hall–Kier alpha value is -2.24. The van der Waals surface area contributed by atoms with Gasteiger partial charge < -0.3 is 20.1 Å². The van der Waals surface area contributed by atoms with Crippen LogP contribution < -0.4 is 10.5 Å². The van der Waals surface area contributed by atoms with E-state index in [9.17, 15) is 9.59 Å². The number of nitrogens with zero attached hydrogens (tertiary/aromatic N) is 1. The molecule has 6 heteroatoms. The molecule has 0 unspecified atom stereocenters. The van der Waals surface area contributed by atoms with Crippen LogP contribution in [0.25, 0.3) is 0 Å². The van der Waals surface area contributed by atoms with Crippen LogP contribution in [0.2, 0.25) is 0 Å². The molecule has 1 aromatic carbocycles. The van der Waals surface area contributed by atoms with E-state index >= 15 is 0 Å². The van der Waals surface area contributed by atoms with Gasteiger partial charge in [0.15, 0.2) is 13.2 Å². The van der Waals surface area contributed by atoms with Gasteiger partial charge in [0, 0.05) is 24.8 Å². The molecule has 0 aromatic heterocycles. The van der Waals surface area contributed by atoms with E-state index in [0.717, 1.165) is 32.4 Å². The fourth-order valence-electron chi connectivity index (χ4n) is 2.17. The number of amides is 1. The van der Waals surface area contributed by atoms with Crippen molar-refractivity contribution in [3.8, 4) is 5.75 Å². The van der Waals surface area contributed by atoms with E-state index in [1.54, 1.807) is 29.2 Å². The van der Waals surface area contributed by atoms with Crippen molar-refractivity contribution in [3.05, 3.63) is 24.3 Å². The minimum Gasteiger partial charge on any atom is -0.482 e. The summed E-state index contributed by atoms with van der Waals surface area (Å²) in [4.78, 5) is 25.1. The average molecular weight is 292 g/mol. The van der Waals surface area contributed by atoms with Crippen molar-refractivity contribution in [2.45, 2.75) is 19.3 Å². The van der Waals surface area contributed by atoms with Gasteiger partial charge in [-0.15, -0.1) is 0 Å². The summed E-state index contributed by atoms with van der Waals surface area (Å²) in [6, 6.07) is 6.77. The Kier molecular flexibility index (Phi) is 5.43. The van der Waals surface area contributed by atoms with Crippen LogP contribution in [0.5, 0.6) is 5.75 Å². The third-order valence-corrected chi connectivity index (χ3v) is 3.28. The number of rotatable bonds is 5. The van der Waals surface area contributed by atoms with Gasteiger partial charge >= 0.3 is 5.97 Å². The van der Waals surface area contributed by atoms with Crippen LogP contribution in [0.15, 0.2) is 24.3 Å². The van der Waals surface area contributed by atoms with E-state index in [4.69, 9.17) is 15.2 Å². The summed E-state index contributed by atoms with van der Waals surface area (Å²) >= 11 is 0. The third-order valence-electron chi connectivity index (χ3n) is 3.28. The number of nitrogens with two attached hydrogens (primary N) is 1. The molecule has 1 aromatic rings. The minimum absolute atomic E-state index is 0.146. The first kappa shape index (κ1) is 15.2. The van der Waals surface area contributed by atoms with Gasteiger partial charge in [0.05, 0.1) is 0 Å². The number of likely N-dealkylation sites (tertiary alicyclic amines) is 1. The van der Waals surface area contributed by atoms with Crippen LogP contribution >= 0.6 is 0 Å². The number of carbonyl (C=O) groups is 2. The Labute approximate surface area is 123 Å². The first-order valence-electron chi connectivity index (χ1n) is 7.07. The highest BCUT2D eigenvalue weighted by molar-refractivity contribution is 5.81. The van der Waals surface area contributed by atoms with E-state index in [2.05, 4.69) is 0 Å². The zero-order valence-electron chi connectivity index (χ0n) is 11.9. The van der Waals surface area contributed by atoms with Gasteiger partial charge in [0.1, 0.15) is 5.75 Å². The smallest absolute Gasteiger partial charge is 0.344 e. The van der Waals surface area contributed by atoms with Gasteiger partial charge in [-0.1, -0.05) is 6.07 Å². The topological polar surface area (TPSA) is 81.9 Å². The first-order chi connectivity index (χ1) is 10.1. The summed E-state index contributed by atoms with van der Waals surface area (Å²) in [6.45, 7) is 1.03. The summed E-state index contributed by atoms with van der Waals surface area (Å²) in [5.41, 5.74) is 6.16. The molecule has 1 fully saturated rings. The lowest BCUT2D eigenvalue weighted by Crippen LogP contribution is -2.38. The van der Waals surface area contributed by atoms with E-state index in [0.29, 0.717) is 11.4 Å². The van der Waals surface area contributed by atoms with Crippen LogP contribution in [0.3, 0.4) is 0 Å². The molecule has 6 nitrogen and oxygen atoms in total. The van der Waals surface area contributed by atoms with Crippen LogP contribution in [-0.4, -0.2) is 43.1 Å². The summed E-state index contributed by atoms with van der Waals surface area (Å²) in [5.74, 6) is -0.218. The standard InChI is InChI=1S/C15H20N2O4/c16-12-5-4-6-13(9-12)20-11-15(19)21-10-14(18)17-7-2-1-3-8-17/h4-6,9H,1-3,7-8,10-11,16H2. The SMILES string of the molecule is Nc1cccc(OCC(=O)OCC(=O)N2CCCCC2)c1. The van der Waals surface area contributed by atoms with Gasteiger partial charge in [0.25, 0.3) is 5.91 Å². The number of hydrogen-bond donors (Lipinski definition) is 1. The predicted molar refractivity (Wildman–Crippen MR) is 77.7 cm³/mol. The van der Waals surface area contributed by atoms with E-state index in [1.807, 2.05) is 0 Å². The molecule has 1 amide bonds. The van der Waals surface area contributed by atoms with Gasteiger partial charge in [-0.3, -0.25) is 4.79 Å². The fraction of sp³-hybridized carbons (Fsp3) is 0.467. The second-order valence-corrected chi connectivity index (χ2v) is 4.96. The van der Waals surface area contributed by atoms with Gasteiger partial charge in [-0.05, 0) is 31.4 Å². The van der Waals surface area contributed by atoms with Crippen molar-refractivity contribution in [2.75, 3.05) is 32.0 Å². The van der Waals surface area contributed by atoms with Crippen molar-refractivity contribution >= 4 is 17.6 Å². The Morgan fingerprint density at radius 2 is 1.90 bits per heavy atom. The van der Waals surface area contributed by atoms with Crippen molar-refractivity contribution in [2.24, 2.45) is 0 Å². The second kappa shape index (κ2) is 7.52. The highest BCUT2D eigenvalue weighted by Gasteiger charge is 2.18. The molecule has 1 aliphatic heterocycles. The van der Waals surface area contributed by atoms with Gasteiger partial charge in [-0.25, -0.2) is 4.79 Å².